The Labute approximate surface area is 140 Å². The molecule has 0 aliphatic heterocycles. The second-order valence-electron chi connectivity index (χ2n) is 6.70. The average molecular weight is 326 g/mol. The van der Waals surface area contributed by atoms with Crippen molar-refractivity contribution in [1.82, 2.24) is 0 Å². The van der Waals surface area contributed by atoms with Crippen LogP contribution in [0.5, 0.6) is 0 Å². The van der Waals surface area contributed by atoms with E-state index in [1.165, 1.54) is 0 Å². The minimum atomic E-state index is -2.73. The molecule has 0 aliphatic rings. The van der Waals surface area contributed by atoms with Gasteiger partial charge in [-0.15, -0.1) is 0 Å². The maximum atomic E-state index is 12.4. The zero-order valence-electron chi connectivity index (χ0n) is 14.4. The van der Waals surface area contributed by atoms with E-state index in [1.807, 2.05) is 43.3 Å². The largest absolute Gasteiger partial charge is 0.509 e. The summed E-state index contributed by atoms with van der Waals surface area (Å²) in [5.74, 6) is -0.221. The molecule has 23 heavy (non-hydrogen) atoms. The summed E-state index contributed by atoms with van der Waals surface area (Å²) in [6.07, 6.45) is 2.30. The SMILES string of the molecule is CC[CH]C(=O)O[Si](c1ccccc1)(c1ccccc1)C(C)(C)C. The quantitative estimate of drug-likeness (QED) is 0.784. The van der Waals surface area contributed by atoms with Crippen molar-refractivity contribution in [2.75, 3.05) is 0 Å². The Hall–Kier alpha value is -1.87. The summed E-state index contributed by atoms with van der Waals surface area (Å²) < 4.78 is 6.26. The molecule has 0 N–H and O–H groups in total. The van der Waals surface area contributed by atoms with Crippen molar-refractivity contribution in [2.24, 2.45) is 0 Å². The highest BCUT2D eigenvalue weighted by atomic mass is 28.4. The van der Waals surface area contributed by atoms with Crippen LogP contribution in [0.3, 0.4) is 0 Å². The molecule has 121 valence electrons. The molecule has 0 atom stereocenters. The molecule has 0 amide bonds. The molecule has 0 saturated carbocycles. The molecule has 0 saturated heterocycles. The molecule has 2 nitrogen and oxygen atoms in total. The highest BCUT2D eigenvalue weighted by molar-refractivity contribution is 7.00. The molecule has 0 aliphatic carbocycles. The Morgan fingerprint density at radius 1 is 0.957 bits per heavy atom. The summed E-state index contributed by atoms with van der Waals surface area (Å²) in [5, 5.41) is 2.07. The van der Waals surface area contributed by atoms with Gasteiger partial charge in [0, 0.05) is 0 Å². The first kappa shape index (κ1) is 17.5. The van der Waals surface area contributed by atoms with Crippen LogP contribution in [0.4, 0.5) is 0 Å². The molecule has 0 fully saturated rings. The van der Waals surface area contributed by atoms with Gasteiger partial charge >= 0.3 is 8.32 Å². The maximum Gasteiger partial charge on any atom is 0.323 e. The average Bonchev–Trinajstić information content (AvgIpc) is 2.53. The van der Waals surface area contributed by atoms with E-state index >= 15 is 0 Å². The van der Waals surface area contributed by atoms with Gasteiger partial charge in [0.1, 0.15) is 0 Å². The molecule has 0 unspecified atom stereocenters. The van der Waals surface area contributed by atoms with Crippen molar-refractivity contribution in [3.63, 3.8) is 0 Å². The molecule has 3 heteroatoms. The van der Waals surface area contributed by atoms with Crippen molar-refractivity contribution in [3.05, 3.63) is 67.1 Å². The molecule has 2 aromatic carbocycles. The van der Waals surface area contributed by atoms with Gasteiger partial charge in [0.2, 0.25) is 0 Å². The van der Waals surface area contributed by atoms with Gasteiger partial charge in [-0.2, -0.15) is 0 Å². The number of benzene rings is 2. The second-order valence-corrected chi connectivity index (χ2v) is 10.9. The fraction of sp³-hybridized carbons (Fsp3) is 0.300. The predicted molar refractivity (Wildman–Crippen MR) is 98.3 cm³/mol. The first-order valence-electron chi connectivity index (χ1n) is 8.09. The van der Waals surface area contributed by atoms with Gasteiger partial charge in [-0.3, -0.25) is 4.79 Å². The number of hydrogen-bond acceptors (Lipinski definition) is 2. The Balaban J connectivity index is 2.67. The molecule has 2 rings (SSSR count). The van der Waals surface area contributed by atoms with Crippen molar-refractivity contribution < 1.29 is 9.22 Å². The van der Waals surface area contributed by atoms with Gasteiger partial charge in [-0.1, -0.05) is 88.4 Å². The molecule has 0 spiro atoms. The Morgan fingerprint density at radius 3 is 1.74 bits per heavy atom. The standard InChI is InChI=1S/C20H25O2Si/c1-5-12-19(21)22-23(20(2,3)4,17-13-8-6-9-14-17)18-15-10-7-11-16-18/h6-16H,5H2,1-4H3. The van der Waals surface area contributed by atoms with Crippen molar-refractivity contribution in [2.45, 2.75) is 39.2 Å². The Morgan fingerprint density at radius 2 is 1.39 bits per heavy atom. The van der Waals surface area contributed by atoms with E-state index in [0.29, 0.717) is 6.42 Å². The summed E-state index contributed by atoms with van der Waals surface area (Å²) in [5.41, 5.74) is 0. The van der Waals surface area contributed by atoms with E-state index in [2.05, 4.69) is 45.0 Å². The second kappa shape index (κ2) is 7.13. The van der Waals surface area contributed by atoms with Crippen molar-refractivity contribution in [1.29, 1.82) is 0 Å². The van der Waals surface area contributed by atoms with Gasteiger partial charge in [0.15, 0.2) is 0 Å². The molecule has 0 heterocycles. The zero-order valence-corrected chi connectivity index (χ0v) is 15.4. The van der Waals surface area contributed by atoms with E-state index in [4.69, 9.17) is 4.43 Å². The van der Waals surface area contributed by atoms with Crippen LogP contribution >= 0.6 is 0 Å². The molecule has 1 radical (unpaired) electrons. The molecule has 0 aromatic heterocycles. The molecule has 0 bridgehead atoms. The third-order valence-electron chi connectivity index (χ3n) is 4.04. The van der Waals surface area contributed by atoms with Gasteiger partial charge in [-0.05, 0) is 21.8 Å². The van der Waals surface area contributed by atoms with Gasteiger partial charge in [-0.25, -0.2) is 0 Å². The zero-order chi connectivity index (χ0) is 16.9. The van der Waals surface area contributed by atoms with Gasteiger partial charge < -0.3 is 4.43 Å². The van der Waals surface area contributed by atoms with Crippen LogP contribution in [0.15, 0.2) is 60.7 Å². The highest BCUT2D eigenvalue weighted by Crippen LogP contribution is 2.36. The normalized spacial score (nSPS) is 12.0. The first-order valence-corrected chi connectivity index (χ1v) is 10.00. The summed E-state index contributed by atoms with van der Waals surface area (Å²) in [6, 6.07) is 20.4. The van der Waals surface area contributed by atoms with Crippen LogP contribution in [-0.2, 0) is 9.22 Å². The smallest absolute Gasteiger partial charge is 0.323 e. The molecule has 2 aromatic rings. The van der Waals surface area contributed by atoms with Crippen LogP contribution in [0.1, 0.15) is 34.1 Å². The van der Waals surface area contributed by atoms with Crippen molar-refractivity contribution >= 4 is 24.7 Å². The fourth-order valence-electron chi connectivity index (χ4n) is 3.01. The lowest BCUT2D eigenvalue weighted by Gasteiger charge is -2.42. The minimum Gasteiger partial charge on any atom is -0.509 e. The van der Waals surface area contributed by atoms with Gasteiger partial charge in [0.05, 0.1) is 6.42 Å². The summed E-state index contributed by atoms with van der Waals surface area (Å²) in [6.45, 7) is 8.45. The van der Waals surface area contributed by atoms with E-state index < -0.39 is 8.32 Å². The Bertz CT molecular complexity index is 590. The number of hydrogen-bond donors (Lipinski definition) is 0. The van der Waals surface area contributed by atoms with Crippen LogP contribution in [-0.4, -0.2) is 14.3 Å². The number of carbonyl (C=O) groups excluding carboxylic acids is 1. The predicted octanol–water partition coefficient (Wildman–Crippen LogP) is 3.70. The topological polar surface area (TPSA) is 26.3 Å². The van der Waals surface area contributed by atoms with Gasteiger partial charge in [0.25, 0.3) is 5.97 Å². The van der Waals surface area contributed by atoms with Crippen molar-refractivity contribution in [3.8, 4) is 0 Å². The third-order valence-corrected chi connectivity index (χ3v) is 8.95. The summed E-state index contributed by atoms with van der Waals surface area (Å²) in [7, 11) is -2.73. The third kappa shape index (κ3) is 3.56. The molecular formula is C20H25O2Si. The van der Waals surface area contributed by atoms with E-state index in [0.717, 1.165) is 10.4 Å². The highest BCUT2D eigenvalue weighted by Gasteiger charge is 2.52. The molecular weight excluding hydrogens is 300 g/mol. The fourth-order valence-corrected chi connectivity index (χ4v) is 7.32. The maximum absolute atomic E-state index is 12.4. The van der Waals surface area contributed by atoms with Crippen LogP contribution in [0, 0.1) is 6.42 Å². The Kier molecular flexibility index (Phi) is 5.42. The lowest BCUT2D eigenvalue weighted by molar-refractivity contribution is -0.131. The van der Waals surface area contributed by atoms with E-state index in [9.17, 15) is 4.79 Å². The summed E-state index contributed by atoms with van der Waals surface area (Å²) >= 11 is 0. The minimum absolute atomic E-state index is 0.174. The van der Waals surface area contributed by atoms with Crippen LogP contribution < -0.4 is 10.4 Å². The monoisotopic (exact) mass is 325 g/mol. The van der Waals surface area contributed by atoms with Crippen LogP contribution in [0.25, 0.3) is 0 Å². The summed E-state index contributed by atoms with van der Waals surface area (Å²) in [4.78, 5) is 12.4. The number of carbonyl (C=O) groups is 1. The van der Waals surface area contributed by atoms with Crippen LogP contribution in [0.2, 0.25) is 5.04 Å². The lowest BCUT2D eigenvalue weighted by Crippen LogP contribution is -2.67. The first-order chi connectivity index (χ1) is 10.9. The number of rotatable bonds is 5. The van der Waals surface area contributed by atoms with E-state index in [-0.39, 0.29) is 11.0 Å². The lowest BCUT2D eigenvalue weighted by atomic mass is 10.2. The van der Waals surface area contributed by atoms with E-state index in [1.54, 1.807) is 6.42 Å².